The minimum Gasteiger partial charge on any atom is -0.465 e. The molecule has 1 aromatic heterocycles. The fourth-order valence-corrected chi connectivity index (χ4v) is 1.93. The standard InChI is InChI=1S/C13H17N5O2/c1-14-8-5-7(13(19)20-4)6-9-10(8)18-12(16-3)11(15-2)17-9/h5-6,14H,1-4H3,(H,15,17)(H,16,18). The Kier molecular flexibility index (Phi) is 3.88. The van der Waals surface area contributed by atoms with Crippen LogP contribution in [0.25, 0.3) is 11.0 Å². The molecule has 2 rings (SSSR count). The van der Waals surface area contributed by atoms with E-state index in [1.165, 1.54) is 7.11 Å². The average molecular weight is 275 g/mol. The third-order valence-corrected chi connectivity index (χ3v) is 2.93. The number of carbonyl (C=O) groups excluding carboxylic acids is 1. The molecule has 3 N–H and O–H groups in total. The maximum absolute atomic E-state index is 11.7. The molecule has 0 radical (unpaired) electrons. The predicted molar refractivity (Wildman–Crippen MR) is 79.5 cm³/mol. The van der Waals surface area contributed by atoms with Crippen molar-refractivity contribution >= 4 is 34.3 Å². The van der Waals surface area contributed by atoms with E-state index >= 15 is 0 Å². The van der Waals surface area contributed by atoms with Gasteiger partial charge in [-0.2, -0.15) is 0 Å². The van der Waals surface area contributed by atoms with Gasteiger partial charge in [-0.05, 0) is 12.1 Å². The summed E-state index contributed by atoms with van der Waals surface area (Å²) in [6, 6.07) is 3.36. The Morgan fingerprint density at radius 1 is 1.05 bits per heavy atom. The summed E-state index contributed by atoms with van der Waals surface area (Å²) in [5, 5.41) is 8.97. The van der Waals surface area contributed by atoms with Crippen molar-refractivity contribution in [2.45, 2.75) is 0 Å². The molecular weight excluding hydrogens is 258 g/mol. The summed E-state index contributed by atoms with van der Waals surface area (Å²) in [5.41, 5.74) is 2.44. The summed E-state index contributed by atoms with van der Waals surface area (Å²) in [7, 11) is 6.65. The molecule has 0 atom stereocenters. The lowest BCUT2D eigenvalue weighted by atomic mass is 10.1. The number of methoxy groups -OCH3 is 1. The monoisotopic (exact) mass is 275 g/mol. The number of nitrogens with zero attached hydrogens (tertiary/aromatic N) is 2. The van der Waals surface area contributed by atoms with Crippen LogP contribution in [0.4, 0.5) is 17.3 Å². The third-order valence-electron chi connectivity index (χ3n) is 2.93. The van der Waals surface area contributed by atoms with Crippen molar-refractivity contribution in [2.24, 2.45) is 0 Å². The van der Waals surface area contributed by atoms with E-state index in [0.29, 0.717) is 28.2 Å². The normalized spacial score (nSPS) is 10.2. The number of anilines is 3. The number of esters is 1. The number of ether oxygens (including phenoxy) is 1. The number of nitrogens with one attached hydrogen (secondary N) is 3. The Morgan fingerprint density at radius 3 is 2.25 bits per heavy atom. The summed E-state index contributed by atoms with van der Waals surface area (Å²) in [6.45, 7) is 0. The minimum atomic E-state index is -0.408. The molecule has 106 valence electrons. The summed E-state index contributed by atoms with van der Waals surface area (Å²) >= 11 is 0. The van der Waals surface area contributed by atoms with Crippen LogP contribution in [-0.2, 0) is 4.74 Å². The second kappa shape index (κ2) is 5.60. The Labute approximate surface area is 116 Å². The zero-order valence-electron chi connectivity index (χ0n) is 11.9. The Morgan fingerprint density at radius 2 is 1.70 bits per heavy atom. The maximum atomic E-state index is 11.7. The van der Waals surface area contributed by atoms with E-state index in [1.807, 2.05) is 0 Å². The van der Waals surface area contributed by atoms with Crippen molar-refractivity contribution in [1.82, 2.24) is 9.97 Å². The maximum Gasteiger partial charge on any atom is 0.338 e. The zero-order chi connectivity index (χ0) is 14.7. The van der Waals surface area contributed by atoms with Crippen LogP contribution in [0.1, 0.15) is 10.4 Å². The summed E-state index contributed by atoms with van der Waals surface area (Å²) in [6.07, 6.45) is 0. The van der Waals surface area contributed by atoms with Gasteiger partial charge in [0, 0.05) is 21.1 Å². The molecule has 2 aromatic rings. The van der Waals surface area contributed by atoms with E-state index in [-0.39, 0.29) is 0 Å². The summed E-state index contributed by atoms with van der Waals surface area (Å²) in [4.78, 5) is 20.7. The fourth-order valence-electron chi connectivity index (χ4n) is 1.93. The highest BCUT2D eigenvalue weighted by Crippen LogP contribution is 2.27. The lowest BCUT2D eigenvalue weighted by Gasteiger charge is -2.12. The second-order valence-corrected chi connectivity index (χ2v) is 4.05. The van der Waals surface area contributed by atoms with Crippen LogP contribution in [0.5, 0.6) is 0 Å². The summed E-state index contributed by atoms with van der Waals surface area (Å²) in [5.74, 6) is 0.847. The highest BCUT2D eigenvalue weighted by Gasteiger charge is 2.14. The van der Waals surface area contributed by atoms with Crippen LogP contribution < -0.4 is 16.0 Å². The molecule has 0 aliphatic heterocycles. The van der Waals surface area contributed by atoms with Crippen molar-refractivity contribution < 1.29 is 9.53 Å². The first-order valence-electron chi connectivity index (χ1n) is 6.12. The third kappa shape index (κ3) is 2.29. The van der Waals surface area contributed by atoms with Gasteiger partial charge in [0.05, 0.1) is 23.9 Å². The topological polar surface area (TPSA) is 88.2 Å². The van der Waals surface area contributed by atoms with Crippen LogP contribution in [-0.4, -0.2) is 44.2 Å². The predicted octanol–water partition coefficient (Wildman–Crippen LogP) is 1.54. The number of fused-ring (bicyclic) bond motifs is 1. The highest BCUT2D eigenvalue weighted by atomic mass is 16.5. The lowest BCUT2D eigenvalue weighted by molar-refractivity contribution is 0.0601. The van der Waals surface area contributed by atoms with Crippen LogP contribution in [0.2, 0.25) is 0 Å². The van der Waals surface area contributed by atoms with E-state index in [4.69, 9.17) is 4.74 Å². The average Bonchev–Trinajstić information content (AvgIpc) is 2.51. The van der Waals surface area contributed by atoms with Gasteiger partial charge < -0.3 is 20.7 Å². The smallest absolute Gasteiger partial charge is 0.338 e. The van der Waals surface area contributed by atoms with Crippen molar-refractivity contribution in [3.63, 3.8) is 0 Å². The van der Waals surface area contributed by atoms with Crippen LogP contribution >= 0.6 is 0 Å². The van der Waals surface area contributed by atoms with Crippen LogP contribution in [0, 0.1) is 0 Å². The fraction of sp³-hybridized carbons (Fsp3) is 0.308. The molecule has 1 aromatic carbocycles. The number of rotatable bonds is 4. The lowest BCUT2D eigenvalue weighted by Crippen LogP contribution is -2.07. The minimum absolute atomic E-state index is 0.408. The zero-order valence-corrected chi connectivity index (χ0v) is 11.9. The van der Waals surface area contributed by atoms with Crippen LogP contribution in [0.15, 0.2) is 12.1 Å². The van der Waals surface area contributed by atoms with Gasteiger partial charge in [0.1, 0.15) is 5.52 Å². The summed E-state index contributed by atoms with van der Waals surface area (Å²) < 4.78 is 4.74. The highest BCUT2D eigenvalue weighted by molar-refractivity contribution is 5.99. The number of aromatic nitrogens is 2. The Bertz CT molecular complexity index is 657. The van der Waals surface area contributed by atoms with E-state index in [0.717, 1.165) is 5.69 Å². The first kappa shape index (κ1) is 13.9. The molecule has 7 heteroatoms. The van der Waals surface area contributed by atoms with Crippen molar-refractivity contribution in [3.8, 4) is 0 Å². The van der Waals surface area contributed by atoms with Crippen molar-refractivity contribution in [3.05, 3.63) is 17.7 Å². The molecule has 0 unspecified atom stereocenters. The molecule has 0 amide bonds. The van der Waals surface area contributed by atoms with Crippen molar-refractivity contribution in [1.29, 1.82) is 0 Å². The molecular formula is C13H17N5O2. The van der Waals surface area contributed by atoms with Gasteiger partial charge in [0.25, 0.3) is 0 Å². The molecule has 0 saturated heterocycles. The largest absolute Gasteiger partial charge is 0.465 e. The van der Waals surface area contributed by atoms with Gasteiger partial charge in [-0.25, -0.2) is 14.8 Å². The molecule has 20 heavy (non-hydrogen) atoms. The Hall–Kier alpha value is -2.57. The van der Waals surface area contributed by atoms with E-state index in [9.17, 15) is 4.79 Å². The first-order chi connectivity index (χ1) is 9.64. The molecule has 0 bridgehead atoms. The van der Waals surface area contributed by atoms with Gasteiger partial charge in [-0.1, -0.05) is 0 Å². The van der Waals surface area contributed by atoms with Crippen LogP contribution in [0.3, 0.4) is 0 Å². The number of carbonyl (C=O) groups is 1. The number of hydrogen-bond acceptors (Lipinski definition) is 7. The Balaban J connectivity index is 2.74. The first-order valence-corrected chi connectivity index (χ1v) is 6.12. The molecule has 0 fully saturated rings. The van der Waals surface area contributed by atoms with Crippen molar-refractivity contribution in [2.75, 3.05) is 44.2 Å². The number of benzene rings is 1. The van der Waals surface area contributed by atoms with E-state index in [1.54, 1.807) is 33.3 Å². The molecule has 0 saturated carbocycles. The quantitative estimate of drug-likeness (QED) is 0.729. The van der Waals surface area contributed by atoms with Gasteiger partial charge in [0.15, 0.2) is 11.6 Å². The van der Waals surface area contributed by atoms with E-state index in [2.05, 4.69) is 25.9 Å². The van der Waals surface area contributed by atoms with Gasteiger partial charge in [0.2, 0.25) is 0 Å². The molecule has 1 heterocycles. The number of hydrogen-bond donors (Lipinski definition) is 3. The van der Waals surface area contributed by atoms with Gasteiger partial charge >= 0.3 is 5.97 Å². The second-order valence-electron chi connectivity index (χ2n) is 4.05. The SMILES string of the molecule is CNc1nc2cc(C(=O)OC)cc(NC)c2nc1NC. The molecule has 0 aliphatic carbocycles. The molecule has 7 nitrogen and oxygen atoms in total. The van der Waals surface area contributed by atoms with Gasteiger partial charge in [-0.3, -0.25) is 0 Å². The molecule has 0 spiro atoms. The van der Waals surface area contributed by atoms with E-state index < -0.39 is 5.97 Å². The molecule has 0 aliphatic rings. The van der Waals surface area contributed by atoms with Gasteiger partial charge in [-0.15, -0.1) is 0 Å².